The lowest BCUT2D eigenvalue weighted by Gasteiger charge is -2.08. The van der Waals surface area contributed by atoms with Crippen LogP contribution in [0.1, 0.15) is 5.56 Å². The molecule has 0 saturated heterocycles. The van der Waals surface area contributed by atoms with Crippen LogP contribution in [0.4, 0.5) is 13.2 Å². The molecule has 1 aromatic rings. The largest absolute Gasteiger partial charge is 0.416 e. The van der Waals surface area contributed by atoms with Crippen LogP contribution in [-0.4, -0.2) is 8.42 Å². The van der Waals surface area contributed by atoms with Crippen molar-refractivity contribution in [2.24, 2.45) is 5.14 Å². The SMILES string of the molecule is NS(=O)(=O)Oc1cccc(C(F)(F)F)c1. The van der Waals surface area contributed by atoms with E-state index in [2.05, 4.69) is 9.32 Å². The minimum atomic E-state index is -4.56. The Hall–Kier alpha value is -1.28. The number of nitrogens with two attached hydrogens (primary N) is 1. The Morgan fingerprint density at radius 1 is 1.27 bits per heavy atom. The van der Waals surface area contributed by atoms with E-state index in [1.165, 1.54) is 0 Å². The minimum absolute atomic E-state index is 0.479. The van der Waals surface area contributed by atoms with Gasteiger partial charge in [-0.3, -0.25) is 0 Å². The maximum atomic E-state index is 12.2. The van der Waals surface area contributed by atoms with Crippen molar-refractivity contribution < 1.29 is 25.8 Å². The van der Waals surface area contributed by atoms with E-state index in [-0.39, 0.29) is 0 Å². The Kier molecular flexibility index (Phi) is 2.91. The van der Waals surface area contributed by atoms with E-state index in [0.29, 0.717) is 6.07 Å². The highest BCUT2D eigenvalue weighted by atomic mass is 32.2. The first kappa shape index (κ1) is 11.8. The highest BCUT2D eigenvalue weighted by molar-refractivity contribution is 7.84. The van der Waals surface area contributed by atoms with Gasteiger partial charge in [0.15, 0.2) is 0 Å². The summed E-state index contributed by atoms with van der Waals surface area (Å²) in [6.45, 7) is 0. The van der Waals surface area contributed by atoms with Gasteiger partial charge in [0, 0.05) is 0 Å². The normalized spacial score (nSPS) is 12.5. The van der Waals surface area contributed by atoms with Crippen LogP contribution < -0.4 is 9.32 Å². The van der Waals surface area contributed by atoms with Crippen molar-refractivity contribution in [3.05, 3.63) is 29.8 Å². The van der Waals surface area contributed by atoms with Gasteiger partial charge in [0.25, 0.3) is 0 Å². The summed E-state index contributed by atoms with van der Waals surface area (Å²) >= 11 is 0. The van der Waals surface area contributed by atoms with Crippen LogP contribution in [0.3, 0.4) is 0 Å². The van der Waals surface area contributed by atoms with Crippen LogP contribution in [0.15, 0.2) is 24.3 Å². The number of halogens is 3. The average Bonchev–Trinajstić information content (AvgIpc) is 1.99. The third-order valence-corrected chi connectivity index (χ3v) is 1.80. The third kappa shape index (κ3) is 3.76. The molecule has 2 N–H and O–H groups in total. The second-order valence-electron chi connectivity index (χ2n) is 2.60. The molecule has 8 heteroatoms. The van der Waals surface area contributed by atoms with Crippen LogP contribution in [0.5, 0.6) is 5.75 Å². The van der Waals surface area contributed by atoms with Crippen LogP contribution in [-0.2, 0) is 16.5 Å². The summed E-state index contributed by atoms with van der Waals surface area (Å²) in [5, 5.41) is 4.50. The lowest BCUT2D eigenvalue weighted by molar-refractivity contribution is -0.137. The zero-order chi connectivity index (χ0) is 11.7. The zero-order valence-corrected chi connectivity index (χ0v) is 7.97. The molecule has 0 atom stereocenters. The van der Waals surface area contributed by atoms with Gasteiger partial charge in [0.1, 0.15) is 5.75 Å². The summed E-state index contributed by atoms with van der Waals surface area (Å²) < 4.78 is 61.5. The lowest BCUT2D eigenvalue weighted by atomic mass is 10.2. The van der Waals surface area contributed by atoms with Crippen molar-refractivity contribution in [2.75, 3.05) is 0 Å². The van der Waals surface area contributed by atoms with Crippen molar-refractivity contribution in [1.82, 2.24) is 0 Å². The van der Waals surface area contributed by atoms with Crippen molar-refractivity contribution in [1.29, 1.82) is 0 Å². The number of hydrogen-bond donors (Lipinski definition) is 1. The van der Waals surface area contributed by atoms with Crippen LogP contribution >= 0.6 is 0 Å². The Labute approximate surface area is 83.7 Å². The smallest absolute Gasteiger partial charge is 0.371 e. The molecule has 0 aliphatic heterocycles. The molecule has 0 amide bonds. The standard InChI is InChI=1S/C7H6F3NO3S/c8-7(9,10)5-2-1-3-6(4-5)14-15(11,12)13/h1-4H,(H2,11,12,13). The van der Waals surface area contributed by atoms with Crippen molar-refractivity contribution >= 4 is 10.3 Å². The van der Waals surface area contributed by atoms with E-state index in [1.54, 1.807) is 0 Å². The van der Waals surface area contributed by atoms with Crippen molar-refractivity contribution in [3.8, 4) is 5.75 Å². The Morgan fingerprint density at radius 3 is 2.33 bits per heavy atom. The lowest BCUT2D eigenvalue weighted by Crippen LogP contribution is -2.19. The van der Waals surface area contributed by atoms with E-state index in [4.69, 9.17) is 0 Å². The summed E-state index contributed by atoms with van der Waals surface area (Å²) in [7, 11) is -4.31. The fourth-order valence-corrected chi connectivity index (χ4v) is 1.23. The van der Waals surface area contributed by atoms with E-state index < -0.39 is 27.8 Å². The third-order valence-electron chi connectivity index (χ3n) is 1.37. The number of hydrogen-bond acceptors (Lipinski definition) is 3. The molecule has 0 aliphatic rings. The Morgan fingerprint density at radius 2 is 1.87 bits per heavy atom. The molecular weight excluding hydrogens is 235 g/mol. The molecule has 0 aliphatic carbocycles. The summed E-state index contributed by atoms with van der Waals surface area (Å²) in [4.78, 5) is 0. The number of rotatable bonds is 2. The Bertz CT molecular complexity index is 455. The van der Waals surface area contributed by atoms with Gasteiger partial charge in [-0.15, -0.1) is 0 Å². The molecule has 0 radical (unpaired) electrons. The maximum Gasteiger partial charge on any atom is 0.416 e. The van der Waals surface area contributed by atoms with Gasteiger partial charge in [-0.1, -0.05) is 6.07 Å². The van der Waals surface area contributed by atoms with Gasteiger partial charge in [-0.2, -0.15) is 26.7 Å². The summed E-state index contributed by atoms with van der Waals surface area (Å²) in [6, 6.07) is 3.41. The van der Waals surface area contributed by atoms with E-state index >= 15 is 0 Å². The van der Waals surface area contributed by atoms with Gasteiger partial charge >= 0.3 is 16.5 Å². The molecular formula is C7H6F3NO3S. The average molecular weight is 241 g/mol. The summed E-state index contributed by atoms with van der Waals surface area (Å²) in [6.07, 6.45) is -4.56. The molecule has 0 saturated carbocycles. The minimum Gasteiger partial charge on any atom is -0.371 e. The van der Waals surface area contributed by atoms with Gasteiger partial charge in [0.05, 0.1) is 5.56 Å². The van der Waals surface area contributed by atoms with Gasteiger partial charge < -0.3 is 4.18 Å². The molecule has 0 bridgehead atoms. The second kappa shape index (κ2) is 3.70. The molecule has 0 unspecified atom stereocenters. The predicted octanol–water partition coefficient (Wildman–Crippen LogP) is 1.29. The number of alkyl halides is 3. The quantitative estimate of drug-likeness (QED) is 0.848. The molecule has 84 valence electrons. The summed E-state index contributed by atoms with van der Waals surface area (Å²) in [5.41, 5.74) is -1.01. The predicted molar refractivity (Wildman–Crippen MR) is 45.2 cm³/mol. The van der Waals surface area contributed by atoms with Crippen LogP contribution in [0.25, 0.3) is 0 Å². The van der Waals surface area contributed by atoms with E-state index in [0.717, 1.165) is 18.2 Å². The van der Waals surface area contributed by atoms with Gasteiger partial charge in [-0.25, -0.2) is 0 Å². The van der Waals surface area contributed by atoms with E-state index in [9.17, 15) is 21.6 Å². The highest BCUT2D eigenvalue weighted by Crippen LogP contribution is 2.31. The first-order valence-electron chi connectivity index (χ1n) is 3.58. The monoisotopic (exact) mass is 241 g/mol. The van der Waals surface area contributed by atoms with Crippen molar-refractivity contribution in [3.63, 3.8) is 0 Å². The Balaban J connectivity index is 3.04. The van der Waals surface area contributed by atoms with Crippen LogP contribution in [0, 0.1) is 0 Å². The van der Waals surface area contributed by atoms with Gasteiger partial charge in [-0.05, 0) is 18.2 Å². The molecule has 4 nitrogen and oxygen atoms in total. The maximum absolute atomic E-state index is 12.2. The molecule has 15 heavy (non-hydrogen) atoms. The highest BCUT2D eigenvalue weighted by Gasteiger charge is 2.30. The summed E-state index contributed by atoms with van der Waals surface area (Å²) in [5.74, 6) is -0.479. The number of benzene rings is 1. The molecule has 1 rings (SSSR count). The molecule has 0 aromatic heterocycles. The van der Waals surface area contributed by atoms with Gasteiger partial charge in [0.2, 0.25) is 0 Å². The molecule has 1 aromatic carbocycles. The van der Waals surface area contributed by atoms with Crippen LogP contribution in [0.2, 0.25) is 0 Å². The second-order valence-corrected chi connectivity index (χ2v) is 3.75. The fourth-order valence-electron chi connectivity index (χ4n) is 0.858. The fraction of sp³-hybridized carbons (Fsp3) is 0.143. The first-order valence-corrected chi connectivity index (χ1v) is 5.05. The topological polar surface area (TPSA) is 69.4 Å². The molecule has 0 heterocycles. The van der Waals surface area contributed by atoms with Crippen molar-refractivity contribution in [2.45, 2.75) is 6.18 Å². The molecule has 0 fully saturated rings. The first-order chi connectivity index (χ1) is 6.68. The zero-order valence-electron chi connectivity index (χ0n) is 7.15. The molecule has 0 spiro atoms. The van der Waals surface area contributed by atoms with E-state index in [1.807, 2.05) is 0 Å².